The highest BCUT2D eigenvalue weighted by molar-refractivity contribution is 9.10. The van der Waals surface area contributed by atoms with E-state index in [4.69, 9.17) is 10.5 Å². The maximum absolute atomic E-state index is 12.1. The van der Waals surface area contributed by atoms with Crippen LogP contribution >= 0.6 is 15.9 Å². The highest BCUT2D eigenvalue weighted by atomic mass is 79.9. The summed E-state index contributed by atoms with van der Waals surface area (Å²) >= 11 is 3.52. The van der Waals surface area contributed by atoms with Crippen LogP contribution in [-0.2, 0) is 4.79 Å². The van der Waals surface area contributed by atoms with Gasteiger partial charge in [0.15, 0.2) is 6.61 Å². The lowest BCUT2D eigenvalue weighted by atomic mass is 10.1. The summed E-state index contributed by atoms with van der Waals surface area (Å²) < 4.78 is 6.41. The first-order valence-electron chi connectivity index (χ1n) is 7.54. The lowest BCUT2D eigenvalue weighted by molar-refractivity contribution is -0.118. The molecule has 0 atom stereocenters. The quantitative estimate of drug-likeness (QED) is 0.686. The minimum Gasteiger partial charge on any atom is -0.483 e. The fourth-order valence-electron chi connectivity index (χ4n) is 2.42. The summed E-state index contributed by atoms with van der Waals surface area (Å²) in [5.74, 6) is -0.297. The molecule has 5 nitrogen and oxygen atoms in total. The number of benzene rings is 3. The fourth-order valence-corrected chi connectivity index (χ4v) is 3.02. The summed E-state index contributed by atoms with van der Waals surface area (Å²) in [5.41, 5.74) is 6.05. The van der Waals surface area contributed by atoms with Crippen molar-refractivity contribution in [2.45, 2.75) is 0 Å². The van der Waals surface area contributed by atoms with Crippen LogP contribution in [0.4, 0.5) is 5.69 Å². The first-order valence-corrected chi connectivity index (χ1v) is 8.33. The third-order valence-corrected chi connectivity index (χ3v) is 4.44. The molecule has 0 unspecified atom stereocenters. The zero-order valence-electron chi connectivity index (χ0n) is 13.2. The maximum atomic E-state index is 12.1. The average Bonchev–Trinajstić information content (AvgIpc) is 2.61. The molecule has 0 radical (unpaired) electrons. The summed E-state index contributed by atoms with van der Waals surface area (Å²) in [6.45, 7) is -0.155. The number of hydrogen-bond acceptors (Lipinski definition) is 3. The Kier molecular flexibility index (Phi) is 5.00. The molecule has 0 aliphatic heterocycles. The van der Waals surface area contributed by atoms with Crippen molar-refractivity contribution in [3.63, 3.8) is 0 Å². The normalized spacial score (nSPS) is 10.4. The Morgan fingerprint density at radius 3 is 2.64 bits per heavy atom. The van der Waals surface area contributed by atoms with Gasteiger partial charge in [0.05, 0.1) is 4.47 Å². The molecule has 0 fully saturated rings. The Labute approximate surface area is 152 Å². The van der Waals surface area contributed by atoms with Crippen molar-refractivity contribution < 1.29 is 14.3 Å². The van der Waals surface area contributed by atoms with Gasteiger partial charge < -0.3 is 15.8 Å². The summed E-state index contributed by atoms with van der Waals surface area (Å²) in [6.07, 6.45) is 0. The largest absolute Gasteiger partial charge is 0.483 e. The highest BCUT2D eigenvalue weighted by Crippen LogP contribution is 2.32. The third-order valence-electron chi connectivity index (χ3n) is 3.62. The summed E-state index contributed by atoms with van der Waals surface area (Å²) in [6, 6.07) is 18.1. The number of ether oxygens (including phenoxy) is 1. The second-order valence-electron chi connectivity index (χ2n) is 5.38. The molecule has 3 aromatic carbocycles. The number of amides is 2. The molecule has 0 heterocycles. The van der Waals surface area contributed by atoms with Crippen LogP contribution in [0.25, 0.3) is 10.8 Å². The van der Waals surface area contributed by atoms with Gasteiger partial charge in [-0.2, -0.15) is 0 Å². The lowest BCUT2D eigenvalue weighted by Crippen LogP contribution is -2.20. The number of carbonyl (C=O) groups is 2. The molecule has 6 heteroatoms. The maximum Gasteiger partial charge on any atom is 0.262 e. The zero-order chi connectivity index (χ0) is 17.8. The molecule has 2 amide bonds. The SMILES string of the molecule is NC(=O)c1cccc(NC(=O)COc2ccc3ccccc3c2Br)c1. The number of fused-ring (bicyclic) bond motifs is 1. The predicted molar refractivity (Wildman–Crippen MR) is 101 cm³/mol. The van der Waals surface area contributed by atoms with E-state index in [0.717, 1.165) is 15.2 Å². The second kappa shape index (κ2) is 7.36. The Morgan fingerprint density at radius 1 is 1.04 bits per heavy atom. The molecule has 0 spiro atoms. The van der Waals surface area contributed by atoms with Crippen molar-refractivity contribution in [3.05, 3.63) is 70.7 Å². The first-order chi connectivity index (χ1) is 12.0. The van der Waals surface area contributed by atoms with Crippen LogP contribution in [0.3, 0.4) is 0 Å². The predicted octanol–water partition coefficient (Wildman–Crippen LogP) is 3.72. The van der Waals surface area contributed by atoms with Crippen LogP contribution < -0.4 is 15.8 Å². The molecular weight excluding hydrogens is 384 g/mol. The van der Waals surface area contributed by atoms with E-state index in [-0.39, 0.29) is 12.5 Å². The molecule has 0 aliphatic carbocycles. The number of carbonyl (C=O) groups excluding carboxylic acids is 2. The van der Waals surface area contributed by atoms with Crippen LogP contribution in [0, 0.1) is 0 Å². The van der Waals surface area contributed by atoms with E-state index in [2.05, 4.69) is 21.2 Å². The zero-order valence-corrected chi connectivity index (χ0v) is 14.7. The fraction of sp³-hybridized carbons (Fsp3) is 0.0526. The Bertz CT molecular complexity index is 956. The Hall–Kier alpha value is -2.86. The van der Waals surface area contributed by atoms with Gasteiger partial charge in [0.2, 0.25) is 5.91 Å². The monoisotopic (exact) mass is 398 g/mol. The highest BCUT2D eigenvalue weighted by Gasteiger charge is 2.09. The van der Waals surface area contributed by atoms with E-state index in [9.17, 15) is 9.59 Å². The molecule has 3 N–H and O–H groups in total. The van der Waals surface area contributed by atoms with Crippen molar-refractivity contribution in [1.82, 2.24) is 0 Å². The van der Waals surface area contributed by atoms with Gasteiger partial charge in [-0.3, -0.25) is 9.59 Å². The van der Waals surface area contributed by atoms with Gasteiger partial charge in [0.25, 0.3) is 5.91 Å². The number of anilines is 1. The summed E-state index contributed by atoms with van der Waals surface area (Å²) in [7, 11) is 0. The lowest BCUT2D eigenvalue weighted by Gasteiger charge is -2.11. The van der Waals surface area contributed by atoms with Gasteiger partial charge in [0.1, 0.15) is 5.75 Å². The van der Waals surface area contributed by atoms with Gasteiger partial charge in [-0.05, 0) is 51.0 Å². The van der Waals surface area contributed by atoms with Crippen molar-refractivity contribution in [1.29, 1.82) is 0 Å². The van der Waals surface area contributed by atoms with Crippen molar-refractivity contribution in [3.8, 4) is 5.75 Å². The van der Waals surface area contributed by atoms with Gasteiger partial charge in [-0.25, -0.2) is 0 Å². The topological polar surface area (TPSA) is 81.4 Å². The molecule has 0 saturated carbocycles. The molecule has 0 aliphatic rings. The first kappa shape index (κ1) is 17.0. The van der Waals surface area contributed by atoms with Gasteiger partial charge in [-0.15, -0.1) is 0 Å². The van der Waals surface area contributed by atoms with E-state index in [1.807, 2.05) is 36.4 Å². The molecule has 3 aromatic rings. The third kappa shape index (κ3) is 3.97. The van der Waals surface area contributed by atoms with E-state index in [0.29, 0.717) is 17.0 Å². The van der Waals surface area contributed by atoms with Crippen LogP contribution in [0.1, 0.15) is 10.4 Å². The molecule has 0 aromatic heterocycles. The number of halogens is 1. The van der Waals surface area contributed by atoms with Gasteiger partial charge in [0, 0.05) is 11.3 Å². The van der Waals surface area contributed by atoms with Crippen molar-refractivity contribution in [2.24, 2.45) is 5.73 Å². The number of rotatable bonds is 5. The molecule has 126 valence electrons. The van der Waals surface area contributed by atoms with Crippen molar-refractivity contribution >= 4 is 44.2 Å². The van der Waals surface area contributed by atoms with E-state index >= 15 is 0 Å². The van der Waals surface area contributed by atoms with E-state index in [1.54, 1.807) is 18.2 Å². The number of nitrogens with one attached hydrogen (secondary N) is 1. The number of nitrogens with two attached hydrogens (primary N) is 1. The number of hydrogen-bond donors (Lipinski definition) is 2. The molecule has 0 bridgehead atoms. The smallest absolute Gasteiger partial charge is 0.262 e. The van der Waals surface area contributed by atoms with Gasteiger partial charge in [-0.1, -0.05) is 36.4 Å². The van der Waals surface area contributed by atoms with Crippen LogP contribution in [0.2, 0.25) is 0 Å². The number of primary amides is 1. The summed E-state index contributed by atoms with van der Waals surface area (Å²) in [5, 5.41) is 4.76. The minimum absolute atomic E-state index is 0.155. The van der Waals surface area contributed by atoms with Crippen LogP contribution in [-0.4, -0.2) is 18.4 Å². The Balaban J connectivity index is 1.67. The van der Waals surface area contributed by atoms with Crippen LogP contribution in [0.15, 0.2) is 65.1 Å². The Morgan fingerprint density at radius 2 is 1.84 bits per heavy atom. The van der Waals surface area contributed by atoms with Crippen molar-refractivity contribution in [2.75, 3.05) is 11.9 Å². The molecule has 0 saturated heterocycles. The van der Waals surface area contributed by atoms with E-state index in [1.165, 1.54) is 6.07 Å². The van der Waals surface area contributed by atoms with E-state index < -0.39 is 5.91 Å². The molecular formula is C19H15BrN2O3. The average molecular weight is 399 g/mol. The minimum atomic E-state index is -0.549. The molecule has 25 heavy (non-hydrogen) atoms. The van der Waals surface area contributed by atoms with Gasteiger partial charge >= 0.3 is 0 Å². The standard InChI is InChI=1S/C19H15BrN2O3/c20-18-15-7-2-1-4-12(15)8-9-16(18)25-11-17(23)22-14-6-3-5-13(10-14)19(21)24/h1-10H,11H2,(H2,21,24)(H,22,23). The summed E-state index contributed by atoms with van der Waals surface area (Å²) in [4.78, 5) is 23.2. The molecule has 3 rings (SSSR count). The second-order valence-corrected chi connectivity index (χ2v) is 6.17. The van der Waals surface area contributed by atoms with Crippen LogP contribution in [0.5, 0.6) is 5.75 Å².